The Hall–Kier alpha value is -3.86. The minimum atomic E-state index is 0.179. The summed E-state index contributed by atoms with van der Waals surface area (Å²) >= 11 is 0. The van der Waals surface area contributed by atoms with Crippen LogP contribution >= 0.6 is 0 Å². The van der Waals surface area contributed by atoms with Crippen LogP contribution in [0.2, 0.25) is 0 Å². The fraction of sp³-hybridized carbons (Fsp3) is 0.154. The van der Waals surface area contributed by atoms with Crippen molar-refractivity contribution >= 4 is 0 Å². The molecule has 1 N–H and O–H groups in total. The van der Waals surface area contributed by atoms with Crippen LogP contribution in [0.15, 0.2) is 79.9 Å². The van der Waals surface area contributed by atoms with Gasteiger partial charge in [-0.3, -0.25) is 0 Å². The highest BCUT2D eigenvalue weighted by molar-refractivity contribution is 5.88. The van der Waals surface area contributed by atoms with Gasteiger partial charge in [0.25, 0.3) is 0 Å². The highest BCUT2D eigenvalue weighted by atomic mass is 16.5. The molecule has 0 saturated carbocycles. The van der Waals surface area contributed by atoms with Crippen molar-refractivity contribution in [2.24, 2.45) is 0 Å². The molecule has 0 heterocycles. The minimum absolute atomic E-state index is 0.179. The molecule has 0 fully saturated rings. The minimum Gasteiger partial charge on any atom is -0.508 e. The number of benzene rings is 3. The molecule has 0 radical (unpaired) electrons. The van der Waals surface area contributed by atoms with Crippen LogP contribution in [-0.2, 0) is 0 Å². The summed E-state index contributed by atoms with van der Waals surface area (Å²) in [5.74, 6) is 2.66. The van der Waals surface area contributed by atoms with Gasteiger partial charge in [0.1, 0.15) is 30.5 Å². The first-order chi connectivity index (χ1) is 15.1. The Morgan fingerprint density at radius 3 is 1.97 bits per heavy atom. The van der Waals surface area contributed by atoms with Gasteiger partial charge >= 0.3 is 0 Å². The summed E-state index contributed by atoms with van der Waals surface area (Å²) in [6.45, 7) is 8.15. The fourth-order valence-corrected chi connectivity index (χ4v) is 3.26. The number of methoxy groups -OCH3 is 2. The highest BCUT2D eigenvalue weighted by Gasteiger charge is 2.23. The molecule has 0 amide bonds. The quantitative estimate of drug-likeness (QED) is 0.417. The lowest BCUT2D eigenvalue weighted by atomic mass is 9.96. The molecule has 0 spiro atoms. The van der Waals surface area contributed by atoms with Crippen LogP contribution < -0.4 is 18.9 Å². The molecule has 0 aliphatic carbocycles. The average Bonchev–Trinajstić information content (AvgIpc) is 2.81. The van der Waals surface area contributed by atoms with Crippen molar-refractivity contribution in [1.82, 2.24) is 0 Å². The third-order valence-corrected chi connectivity index (χ3v) is 4.66. The first-order valence-corrected chi connectivity index (χ1v) is 9.79. The van der Waals surface area contributed by atoms with E-state index < -0.39 is 0 Å². The number of ether oxygens (including phenoxy) is 4. The first-order valence-electron chi connectivity index (χ1n) is 9.79. The van der Waals surface area contributed by atoms with Crippen molar-refractivity contribution in [3.05, 3.63) is 79.9 Å². The Bertz CT molecular complexity index is 1040. The molecule has 3 rings (SSSR count). The van der Waals surface area contributed by atoms with E-state index in [4.69, 9.17) is 18.9 Å². The molecule has 5 nitrogen and oxygen atoms in total. The second kappa shape index (κ2) is 10.3. The molecular weight excluding hydrogens is 392 g/mol. The van der Waals surface area contributed by atoms with E-state index in [2.05, 4.69) is 13.2 Å². The van der Waals surface area contributed by atoms with E-state index >= 15 is 0 Å². The van der Waals surface area contributed by atoms with Crippen molar-refractivity contribution in [3.8, 4) is 51.0 Å². The number of aromatic hydroxyl groups is 1. The predicted octanol–water partition coefficient (Wildman–Crippen LogP) is 5.87. The lowest BCUT2D eigenvalue weighted by Crippen LogP contribution is -2.02. The zero-order valence-corrected chi connectivity index (χ0v) is 17.8. The van der Waals surface area contributed by atoms with Gasteiger partial charge in [-0.15, -0.1) is 0 Å². The SMILES string of the molecule is C=CCOc1ccc(-c2cc(OC)c(-c3ccc(O)cc3)c(OCC=C)c2OC)cc1. The van der Waals surface area contributed by atoms with Crippen molar-refractivity contribution in [3.63, 3.8) is 0 Å². The monoisotopic (exact) mass is 418 g/mol. The van der Waals surface area contributed by atoms with Gasteiger partial charge in [-0.25, -0.2) is 0 Å². The summed E-state index contributed by atoms with van der Waals surface area (Å²) in [6, 6.07) is 16.5. The molecule has 160 valence electrons. The van der Waals surface area contributed by atoms with Crippen molar-refractivity contribution in [2.75, 3.05) is 27.4 Å². The third-order valence-electron chi connectivity index (χ3n) is 4.66. The second-order valence-corrected chi connectivity index (χ2v) is 6.63. The smallest absolute Gasteiger partial charge is 0.173 e. The van der Waals surface area contributed by atoms with Crippen LogP contribution in [0.4, 0.5) is 0 Å². The van der Waals surface area contributed by atoms with E-state index in [1.165, 1.54) is 0 Å². The average molecular weight is 418 g/mol. The van der Waals surface area contributed by atoms with Gasteiger partial charge in [-0.1, -0.05) is 49.6 Å². The van der Waals surface area contributed by atoms with Crippen LogP contribution in [0.5, 0.6) is 28.7 Å². The number of phenolic OH excluding ortho intramolecular Hbond substituents is 1. The van der Waals surface area contributed by atoms with E-state index in [0.717, 1.165) is 28.0 Å². The molecule has 0 aromatic heterocycles. The zero-order chi connectivity index (χ0) is 22.2. The molecule has 3 aromatic carbocycles. The molecule has 0 atom stereocenters. The van der Waals surface area contributed by atoms with E-state index in [9.17, 15) is 5.11 Å². The summed E-state index contributed by atoms with van der Waals surface area (Å²) in [5, 5.41) is 9.69. The second-order valence-electron chi connectivity index (χ2n) is 6.63. The van der Waals surface area contributed by atoms with Crippen LogP contribution in [0.25, 0.3) is 22.3 Å². The molecule has 3 aromatic rings. The zero-order valence-electron chi connectivity index (χ0n) is 17.8. The van der Waals surface area contributed by atoms with Crippen LogP contribution in [0.1, 0.15) is 0 Å². The normalized spacial score (nSPS) is 10.3. The predicted molar refractivity (Wildman–Crippen MR) is 123 cm³/mol. The van der Waals surface area contributed by atoms with Gasteiger partial charge in [0.05, 0.1) is 19.8 Å². The van der Waals surface area contributed by atoms with Gasteiger partial charge in [0.2, 0.25) is 0 Å². The third kappa shape index (κ3) is 4.83. The molecule has 0 unspecified atom stereocenters. The molecule has 5 heteroatoms. The first kappa shape index (κ1) is 21.8. The standard InChI is InChI=1S/C26H26O5/c1-5-15-30-21-13-9-18(10-14-21)22-17-23(28-3)24(19-7-11-20(27)12-8-19)26(25(22)29-4)31-16-6-2/h5-14,17,27H,1-2,15-16H2,3-4H3. The van der Waals surface area contributed by atoms with E-state index in [1.54, 1.807) is 50.6 Å². The summed E-state index contributed by atoms with van der Waals surface area (Å²) in [5.41, 5.74) is 3.29. The number of rotatable bonds is 10. The number of hydrogen-bond donors (Lipinski definition) is 1. The Labute approximate surface area is 182 Å². The maximum atomic E-state index is 9.69. The Kier molecular flexibility index (Phi) is 7.22. The number of phenols is 1. The summed E-state index contributed by atoms with van der Waals surface area (Å²) in [4.78, 5) is 0. The van der Waals surface area contributed by atoms with Crippen LogP contribution in [-0.4, -0.2) is 32.5 Å². The molecule has 0 bridgehead atoms. The lowest BCUT2D eigenvalue weighted by Gasteiger charge is -2.21. The summed E-state index contributed by atoms with van der Waals surface area (Å²) in [6.07, 6.45) is 3.37. The highest BCUT2D eigenvalue weighted by Crippen LogP contribution is 2.50. The van der Waals surface area contributed by atoms with Crippen molar-refractivity contribution < 1.29 is 24.1 Å². The van der Waals surface area contributed by atoms with Gasteiger partial charge in [0, 0.05) is 5.56 Å². The van der Waals surface area contributed by atoms with Gasteiger partial charge in [0.15, 0.2) is 11.5 Å². The molecule has 0 aliphatic rings. The van der Waals surface area contributed by atoms with Crippen LogP contribution in [0, 0.1) is 0 Å². The Balaban J connectivity index is 2.19. The Morgan fingerprint density at radius 2 is 1.39 bits per heavy atom. The van der Waals surface area contributed by atoms with Crippen molar-refractivity contribution in [2.45, 2.75) is 0 Å². The van der Waals surface area contributed by atoms with Gasteiger partial charge < -0.3 is 24.1 Å². The largest absolute Gasteiger partial charge is 0.508 e. The molecule has 31 heavy (non-hydrogen) atoms. The van der Waals surface area contributed by atoms with E-state index in [-0.39, 0.29) is 5.75 Å². The number of hydrogen-bond acceptors (Lipinski definition) is 5. The maximum Gasteiger partial charge on any atom is 0.173 e. The van der Waals surface area contributed by atoms with Crippen LogP contribution in [0.3, 0.4) is 0 Å². The summed E-state index contributed by atoms with van der Waals surface area (Å²) in [7, 11) is 3.22. The molecule has 0 aliphatic heterocycles. The van der Waals surface area contributed by atoms with E-state index in [0.29, 0.717) is 30.5 Å². The maximum absolute atomic E-state index is 9.69. The van der Waals surface area contributed by atoms with Gasteiger partial charge in [-0.05, 0) is 41.5 Å². The fourth-order valence-electron chi connectivity index (χ4n) is 3.26. The topological polar surface area (TPSA) is 57.2 Å². The van der Waals surface area contributed by atoms with E-state index in [1.807, 2.05) is 30.3 Å². The van der Waals surface area contributed by atoms with Gasteiger partial charge in [-0.2, -0.15) is 0 Å². The molecular formula is C26H26O5. The lowest BCUT2D eigenvalue weighted by molar-refractivity contribution is 0.325. The van der Waals surface area contributed by atoms with Crippen molar-refractivity contribution in [1.29, 1.82) is 0 Å². The molecule has 0 saturated heterocycles. The Morgan fingerprint density at radius 1 is 0.774 bits per heavy atom. The summed E-state index contributed by atoms with van der Waals surface area (Å²) < 4.78 is 23.2.